The fourth-order valence-electron chi connectivity index (χ4n) is 3.13. The quantitative estimate of drug-likeness (QED) is 0.535. The Hall–Kier alpha value is -3.34. The van der Waals surface area contributed by atoms with E-state index in [2.05, 4.69) is 10.2 Å². The summed E-state index contributed by atoms with van der Waals surface area (Å²) in [6.45, 7) is 1.84. The Morgan fingerprint density at radius 2 is 2.11 bits per heavy atom. The number of carboxylic acid groups (broad SMARTS) is 1. The number of thiophene rings is 1. The van der Waals surface area contributed by atoms with Gasteiger partial charge in [-0.15, -0.1) is 21.5 Å². The Kier molecular flexibility index (Phi) is 3.88. The molecule has 1 aliphatic heterocycles. The summed E-state index contributed by atoms with van der Waals surface area (Å²) in [4.78, 5) is 36.7. The maximum absolute atomic E-state index is 13.0. The Morgan fingerprint density at radius 3 is 2.81 bits per heavy atom. The molecular weight excluding hydrogens is 374 g/mol. The van der Waals surface area contributed by atoms with Crippen molar-refractivity contribution in [2.24, 2.45) is 0 Å². The monoisotopic (exact) mass is 387 g/mol. The molecule has 0 spiro atoms. The molecular formula is C16H13N5O5S. The van der Waals surface area contributed by atoms with E-state index in [4.69, 9.17) is 0 Å². The van der Waals surface area contributed by atoms with E-state index >= 15 is 0 Å². The average Bonchev–Trinajstić information content (AvgIpc) is 3.22. The number of hydrogen-bond acceptors (Lipinski definition) is 7. The predicted octanol–water partition coefficient (Wildman–Crippen LogP) is 1.82. The average molecular weight is 387 g/mol. The Morgan fingerprint density at radius 1 is 1.33 bits per heavy atom. The van der Waals surface area contributed by atoms with Crippen LogP contribution in [0.2, 0.25) is 0 Å². The zero-order valence-electron chi connectivity index (χ0n) is 14.0. The van der Waals surface area contributed by atoms with Crippen LogP contribution in [0.25, 0.3) is 10.1 Å². The van der Waals surface area contributed by atoms with E-state index in [1.807, 2.05) is 0 Å². The molecule has 2 aromatic heterocycles. The van der Waals surface area contributed by atoms with Gasteiger partial charge in [0, 0.05) is 22.2 Å². The van der Waals surface area contributed by atoms with Crippen LogP contribution in [-0.4, -0.2) is 47.6 Å². The number of nitro benzene ring substituents is 1. The smallest absolute Gasteiger partial charge is 0.328 e. The molecule has 0 saturated carbocycles. The summed E-state index contributed by atoms with van der Waals surface area (Å²) in [5.41, 5.74) is -0.0655. The van der Waals surface area contributed by atoms with Gasteiger partial charge in [0.2, 0.25) is 0 Å². The number of nitro groups is 1. The van der Waals surface area contributed by atoms with Gasteiger partial charge in [-0.2, -0.15) is 0 Å². The second-order valence-electron chi connectivity index (χ2n) is 6.15. The molecule has 1 N–H and O–H groups in total. The van der Waals surface area contributed by atoms with Gasteiger partial charge in [-0.3, -0.25) is 14.9 Å². The minimum absolute atomic E-state index is 0.0328. The van der Waals surface area contributed by atoms with E-state index in [1.54, 1.807) is 23.6 Å². The van der Waals surface area contributed by atoms with Gasteiger partial charge in [-0.25, -0.2) is 4.79 Å². The highest BCUT2D eigenvalue weighted by atomic mass is 32.1. The molecule has 3 heterocycles. The Balaban J connectivity index is 1.71. The van der Waals surface area contributed by atoms with Gasteiger partial charge in [0.05, 0.1) is 22.9 Å². The van der Waals surface area contributed by atoms with Gasteiger partial charge >= 0.3 is 5.97 Å². The maximum Gasteiger partial charge on any atom is 0.328 e. The number of fused-ring (bicyclic) bond motifs is 2. The van der Waals surface area contributed by atoms with Crippen LogP contribution in [0.1, 0.15) is 21.3 Å². The third kappa shape index (κ3) is 2.81. The molecule has 0 aliphatic carbocycles. The standard InChI is InChI=1S/C16H13N5O5S/c1-8-17-18-14-7-20(11(16(23)24)6-19(8)14)15(22)13-5-9-4-10(21(25)26)2-3-12(9)27-13/h2-5,11H,6-7H2,1H3,(H,23,24). The second kappa shape index (κ2) is 6.13. The number of amides is 1. The molecule has 3 aromatic rings. The van der Waals surface area contributed by atoms with Gasteiger partial charge in [0.25, 0.3) is 11.6 Å². The van der Waals surface area contributed by atoms with Crippen molar-refractivity contribution >= 4 is 39.0 Å². The number of benzene rings is 1. The zero-order valence-corrected chi connectivity index (χ0v) is 14.8. The minimum atomic E-state index is -1.11. The molecule has 10 nitrogen and oxygen atoms in total. The molecule has 27 heavy (non-hydrogen) atoms. The van der Waals surface area contributed by atoms with E-state index in [1.165, 1.54) is 28.4 Å². The number of carbonyl (C=O) groups is 2. The lowest BCUT2D eigenvalue weighted by molar-refractivity contribution is -0.384. The molecule has 0 saturated heterocycles. The van der Waals surface area contributed by atoms with Crippen LogP contribution in [0.3, 0.4) is 0 Å². The van der Waals surface area contributed by atoms with Crippen LogP contribution >= 0.6 is 11.3 Å². The summed E-state index contributed by atoms with van der Waals surface area (Å²) in [6.07, 6.45) is 0. The summed E-state index contributed by atoms with van der Waals surface area (Å²) >= 11 is 1.17. The van der Waals surface area contributed by atoms with Crippen molar-refractivity contribution in [3.8, 4) is 0 Å². The number of carboxylic acids is 1. The summed E-state index contributed by atoms with van der Waals surface area (Å²) in [6, 6.07) is 4.87. The van der Waals surface area contributed by atoms with Crippen molar-refractivity contribution in [2.75, 3.05) is 0 Å². The lowest BCUT2D eigenvalue weighted by Crippen LogP contribution is -2.50. The molecule has 11 heteroatoms. The van der Waals surface area contributed by atoms with Crippen molar-refractivity contribution in [1.82, 2.24) is 19.7 Å². The van der Waals surface area contributed by atoms with Crippen molar-refractivity contribution in [1.29, 1.82) is 0 Å². The molecule has 1 unspecified atom stereocenters. The zero-order chi connectivity index (χ0) is 19.3. The number of non-ortho nitro benzene ring substituents is 1. The van der Waals surface area contributed by atoms with Gasteiger partial charge in [-0.1, -0.05) is 0 Å². The van der Waals surface area contributed by atoms with E-state index < -0.39 is 22.8 Å². The highest BCUT2D eigenvalue weighted by molar-refractivity contribution is 7.20. The van der Waals surface area contributed by atoms with Crippen molar-refractivity contribution in [3.63, 3.8) is 0 Å². The van der Waals surface area contributed by atoms with Crippen LogP contribution in [-0.2, 0) is 17.9 Å². The molecule has 4 rings (SSSR count). The lowest BCUT2D eigenvalue weighted by Gasteiger charge is -2.33. The van der Waals surface area contributed by atoms with Crippen molar-refractivity contribution < 1.29 is 19.6 Å². The van der Waals surface area contributed by atoms with E-state index in [-0.39, 0.29) is 18.8 Å². The number of hydrogen-bond donors (Lipinski definition) is 1. The number of carbonyl (C=O) groups excluding carboxylic acids is 1. The number of nitrogens with zero attached hydrogens (tertiary/aromatic N) is 5. The first-order valence-corrected chi connectivity index (χ1v) is 8.77. The lowest BCUT2D eigenvalue weighted by atomic mass is 10.1. The molecule has 138 valence electrons. The van der Waals surface area contributed by atoms with Gasteiger partial charge in [-0.05, 0) is 19.1 Å². The van der Waals surface area contributed by atoms with E-state index in [0.29, 0.717) is 26.6 Å². The largest absolute Gasteiger partial charge is 0.480 e. The van der Waals surface area contributed by atoms with Crippen molar-refractivity contribution in [3.05, 3.63) is 50.9 Å². The molecule has 1 aliphatic rings. The van der Waals surface area contributed by atoms with Crippen LogP contribution in [0.4, 0.5) is 5.69 Å². The molecule has 1 amide bonds. The normalized spacial score (nSPS) is 16.3. The SMILES string of the molecule is Cc1nnc2n1CC(C(=O)O)N(C(=O)c1cc3cc([N+](=O)[O-])ccc3s1)C2. The summed E-state index contributed by atoms with van der Waals surface area (Å²) in [7, 11) is 0. The first-order valence-electron chi connectivity index (χ1n) is 7.95. The third-order valence-corrected chi connectivity index (χ3v) is 5.63. The van der Waals surface area contributed by atoms with E-state index in [9.17, 15) is 24.8 Å². The molecule has 0 fully saturated rings. The maximum atomic E-state index is 13.0. The molecule has 0 radical (unpaired) electrons. The van der Waals surface area contributed by atoms with Crippen LogP contribution in [0.15, 0.2) is 24.3 Å². The third-order valence-electron chi connectivity index (χ3n) is 4.52. The number of rotatable bonds is 3. The second-order valence-corrected chi connectivity index (χ2v) is 7.23. The van der Waals surface area contributed by atoms with Crippen LogP contribution in [0.5, 0.6) is 0 Å². The van der Waals surface area contributed by atoms with Crippen LogP contribution < -0.4 is 0 Å². The summed E-state index contributed by atoms with van der Waals surface area (Å²) < 4.78 is 2.41. The fraction of sp³-hybridized carbons (Fsp3) is 0.250. The first kappa shape index (κ1) is 17.1. The summed E-state index contributed by atoms with van der Waals surface area (Å²) in [5.74, 6) is -0.440. The Labute approximate surface area is 155 Å². The highest BCUT2D eigenvalue weighted by Gasteiger charge is 2.37. The van der Waals surface area contributed by atoms with Gasteiger partial charge < -0.3 is 14.6 Å². The highest BCUT2D eigenvalue weighted by Crippen LogP contribution is 2.31. The number of aromatic nitrogens is 3. The number of aliphatic carboxylic acids is 1. The van der Waals surface area contributed by atoms with Gasteiger partial charge in [0.15, 0.2) is 5.82 Å². The van der Waals surface area contributed by atoms with E-state index in [0.717, 1.165) is 0 Å². The summed E-state index contributed by atoms with van der Waals surface area (Å²) in [5, 5.41) is 29.0. The van der Waals surface area contributed by atoms with Gasteiger partial charge in [0.1, 0.15) is 11.9 Å². The minimum Gasteiger partial charge on any atom is -0.480 e. The fourth-order valence-corrected chi connectivity index (χ4v) is 4.13. The molecule has 1 atom stereocenters. The molecule has 1 aromatic carbocycles. The number of aryl methyl sites for hydroxylation is 1. The Bertz CT molecular complexity index is 1100. The van der Waals surface area contributed by atoms with Crippen molar-refractivity contribution in [2.45, 2.75) is 26.1 Å². The topological polar surface area (TPSA) is 131 Å². The molecule has 0 bridgehead atoms. The predicted molar refractivity (Wildman–Crippen MR) is 94.5 cm³/mol. The van der Waals surface area contributed by atoms with Crippen LogP contribution in [0, 0.1) is 17.0 Å². The first-order chi connectivity index (χ1) is 12.8.